The van der Waals surface area contributed by atoms with Crippen molar-refractivity contribution in [3.05, 3.63) is 0 Å². The lowest BCUT2D eigenvalue weighted by atomic mass is 10.1. The summed E-state index contributed by atoms with van der Waals surface area (Å²) in [7, 11) is 0. The first-order valence-electron chi connectivity index (χ1n) is 3.87. The van der Waals surface area contributed by atoms with E-state index in [9.17, 15) is 0 Å². The first-order chi connectivity index (χ1) is 4.84. The number of rotatable bonds is 4. The molecule has 1 aliphatic rings. The second kappa shape index (κ2) is 3.58. The van der Waals surface area contributed by atoms with Crippen molar-refractivity contribution in [3.8, 4) is 6.07 Å². The van der Waals surface area contributed by atoms with Gasteiger partial charge in [-0.25, -0.2) is 0 Å². The largest absolute Gasteiger partial charge is 0.370 e. The van der Waals surface area contributed by atoms with Crippen molar-refractivity contribution in [2.45, 2.75) is 44.8 Å². The Kier molecular flexibility index (Phi) is 2.70. The van der Waals surface area contributed by atoms with Crippen LogP contribution in [0.4, 0.5) is 0 Å². The molecule has 0 unspecified atom stereocenters. The Balaban J connectivity index is 1.83. The minimum atomic E-state index is 0.488. The molecule has 0 amide bonds. The van der Waals surface area contributed by atoms with Gasteiger partial charge in [-0.15, -0.1) is 0 Å². The fourth-order valence-corrected chi connectivity index (χ4v) is 1.08. The van der Waals surface area contributed by atoms with Gasteiger partial charge in [-0.3, -0.25) is 0 Å². The normalized spacial score (nSPS) is 29.6. The summed E-state index contributed by atoms with van der Waals surface area (Å²) in [4.78, 5) is 0. The topological polar surface area (TPSA) is 36.3 Å². The first-order valence-corrected chi connectivity index (χ1v) is 3.87. The van der Waals surface area contributed by atoms with E-state index in [1.54, 1.807) is 0 Å². The van der Waals surface area contributed by atoms with Gasteiger partial charge in [-0.2, -0.15) is 5.26 Å². The van der Waals surface area contributed by atoms with Crippen LogP contribution in [0.5, 0.6) is 0 Å². The molecule has 0 bridgehead atoms. The summed E-state index contributed by atoms with van der Waals surface area (Å²) in [6.07, 6.45) is 5.01. The molecule has 0 aromatic rings. The smallest absolute Gasteiger partial charge is 0.0839 e. The first kappa shape index (κ1) is 7.56. The van der Waals surface area contributed by atoms with Crippen LogP contribution in [-0.4, -0.2) is 12.2 Å². The summed E-state index contributed by atoms with van der Waals surface area (Å²) in [6.45, 7) is 2.09. The Hall–Kier alpha value is -0.550. The van der Waals surface area contributed by atoms with E-state index in [0.29, 0.717) is 18.6 Å². The Bertz CT molecular complexity index is 139. The van der Waals surface area contributed by atoms with E-state index in [0.717, 1.165) is 19.3 Å². The third kappa shape index (κ3) is 2.36. The number of ether oxygens (including phenoxy) is 1. The SMILES string of the molecule is C[C@H]1O[C@H]1CCCCC#N. The monoisotopic (exact) mass is 139 g/mol. The Morgan fingerprint density at radius 1 is 1.50 bits per heavy atom. The molecular weight excluding hydrogens is 126 g/mol. The molecule has 1 heterocycles. The van der Waals surface area contributed by atoms with Crippen LogP contribution in [0.2, 0.25) is 0 Å². The summed E-state index contributed by atoms with van der Waals surface area (Å²) in [5, 5.41) is 8.22. The molecule has 0 saturated carbocycles. The van der Waals surface area contributed by atoms with Gasteiger partial charge in [0.05, 0.1) is 18.3 Å². The van der Waals surface area contributed by atoms with Gasteiger partial charge in [0.25, 0.3) is 0 Å². The molecule has 1 rings (SSSR count). The number of epoxide rings is 1. The summed E-state index contributed by atoms with van der Waals surface area (Å²) in [5.74, 6) is 0. The third-order valence-corrected chi connectivity index (χ3v) is 1.86. The van der Waals surface area contributed by atoms with Crippen LogP contribution in [0.25, 0.3) is 0 Å². The molecular formula is C8H13NO. The fraction of sp³-hybridized carbons (Fsp3) is 0.875. The predicted molar refractivity (Wildman–Crippen MR) is 38.4 cm³/mol. The summed E-state index contributed by atoms with van der Waals surface area (Å²) < 4.78 is 5.21. The number of nitrogens with zero attached hydrogens (tertiary/aromatic N) is 1. The zero-order chi connectivity index (χ0) is 7.40. The maximum atomic E-state index is 8.22. The highest BCUT2D eigenvalue weighted by atomic mass is 16.6. The number of nitriles is 1. The van der Waals surface area contributed by atoms with Gasteiger partial charge in [0.15, 0.2) is 0 Å². The van der Waals surface area contributed by atoms with E-state index in [-0.39, 0.29) is 0 Å². The van der Waals surface area contributed by atoms with Gasteiger partial charge in [0.1, 0.15) is 0 Å². The van der Waals surface area contributed by atoms with E-state index in [4.69, 9.17) is 10.00 Å². The van der Waals surface area contributed by atoms with Crippen molar-refractivity contribution in [3.63, 3.8) is 0 Å². The van der Waals surface area contributed by atoms with Crippen LogP contribution in [0.3, 0.4) is 0 Å². The van der Waals surface area contributed by atoms with Gasteiger partial charge >= 0.3 is 0 Å². The van der Waals surface area contributed by atoms with Gasteiger partial charge < -0.3 is 4.74 Å². The number of unbranched alkanes of at least 4 members (excludes halogenated alkanes) is 2. The van der Waals surface area contributed by atoms with Crippen molar-refractivity contribution in [2.75, 3.05) is 0 Å². The lowest BCUT2D eigenvalue weighted by molar-refractivity contribution is 0.366. The van der Waals surface area contributed by atoms with Crippen molar-refractivity contribution >= 4 is 0 Å². The highest BCUT2D eigenvalue weighted by molar-refractivity contribution is 4.80. The van der Waals surface area contributed by atoms with Crippen molar-refractivity contribution in [2.24, 2.45) is 0 Å². The second-order valence-corrected chi connectivity index (χ2v) is 2.78. The molecule has 0 radical (unpaired) electrons. The van der Waals surface area contributed by atoms with Crippen LogP contribution in [-0.2, 0) is 4.74 Å². The molecule has 1 aliphatic heterocycles. The number of hydrogen-bond donors (Lipinski definition) is 0. The lowest BCUT2D eigenvalue weighted by Crippen LogP contribution is -1.88. The third-order valence-electron chi connectivity index (χ3n) is 1.86. The van der Waals surface area contributed by atoms with Crippen LogP contribution < -0.4 is 0 Å². The van der Waals surface area contributed by atoms with Gasteiger partial charge in [0.2, 0.25) is 0 Å². The molecule has 0 spiro atoms. The minimum Gasteiger partial charge on any atom is -0.370 e. The summed E-state index contributed by atoms with van der Waals surface area (Å²) in [6, 6.07) is 2.13. The minimum absolute atomic E-state index is 0.488. The Morgan fingerprint density at radius 2 is 2.20 bits per heavy atom. The Morgan fingerprint density at radius 3 is 2.70 bits per heavy atom. The highest BCUT2D eigenvalue weighted by Gasteiger charge is 2.32. The van der Waals surface area contributed by atoms with Crippen molar-refractivity contribution in [1.82, 2.24) is 0 Å². The van der Waals surface area contributed by atoms with Gasteiger partial charge in [0, 0.05) is 6.42 Å². The standard InChI is InChI=1S/C8H13NO/c1-7-8(10-7)5-3-2-4-6-9/h7-8H,2-5H2,1H3/t7-,8+/m1/s1. The molecule has 0 N–H and O–H groups in total. The molecule has 1 fully saturated rings. The average Bonchev–Trinajstić information content (AvgIpc) is 2.60. The molecule has 0 aliphatic carbocycles. The van der Waals surface area contributed by atoms with E-state index < -0.39 is 0 Å². The van der Waals surface area contributed by atoms with Crippen LogP contribution >= 0.6 is 0 Å². The molecule has 1 saturated heterocycles. The van der Waals surface area contributed by atoms with Crippen LogP contribution in [0.15, 0.2) is 0 Å². The van der Waals surface area contributed by atoms with E-state index in [1.807, 2.05) is 0 Å². The lowest BCUT2D eigenvalue weighted by Gasteiger charge is -1.90. The van der Waals surface area contributed by atoms with Gasteiger partial charge in [-0.05, 0) is 26.2 Å². The van der Waals surface area contributed by atoms with Gasteiger partial charge in [-0.1, -0.05) is 0 Å². The quantitative estimate of drug-likeness (QED) is 0.440. The summed E-state index contributed by atoms with van der Waals surface area (Å²) in [5.41, 5.74) is 0. The van der Waals surface area contributed by atoms with Crippen LogP contribution in [0.1, 0.15) is 32.6 Å². The zero-order valence-electron chi connectivity index (χ0n) is 6.34. The molecule has 2 heteroatoms. The van der Waals surface area contributed by atoms with Crippen LogP contribution in [0, 0.1) is 11.3 Å². The summed E-state index contributed by atoms with van der Waals surface area (Å²) >= 11 is 0. The van der Waals surface area contributed by atoms with E-state index >= 15 is 0 Å². The molecule has 2 nitrogen and oxygen atoms in total. The number of hydrogen-bond acceptors (Lipinski definition) is 2. The highest BCUT2D eigenvalue weighted by Crippen LogP contribution is 2.26. The van der Waals surface area contributed by atoms with Crippen molar-refractivity contribution < 1.29 is 4.74 Å². The van der Waals surface area contributed by atoms with E-state index in [1.165, 1.54) is 0 Å². The zero-order valence-corrected chi connectivity index (χ0v) is 6.34. The molecule has 0 aromatic carbocycles. The predicted octanol–water partition coefficient (Wildman–Crippen LogP) is 1.86. The average molecular weight is 139 g/mol. The second-order valence-electron chi connectivity index (χ2n) is 2.78. The fourth-order valence-electron chi connectivity index (χ4n) is 1.08. The van der Waals surface area contributed by atoms with E-state index in [2.05, 4.69) is 13.0 Å². The molecule has 2 atom stereocenters. The molecule has 10 heavy (non-hydrogen) atoms. The molecule has 0 aromatic heterocycles. The molecule has 56 valence electrons. The van der Waals surface area contributed by atoms with Crippen molar-refractivity contribution in [1.29, 1.82) is 5.26 Å². The maximum absolute atomic E-state index is 8.22. The Labute approximate surface area is 61.8 Å². The maximum Gasteiger partial charge on any atom is 0.0839 e.